The normalized spacial score (nSPS) is 14.1. The minimum atomic E-state index is -0.780. The van der Waals surface area contributed by atoms with Crippen LogP contribution < -0.4 is 5.73 Å². The molecule has 1 unspecified atom stereocenters. The second-order valence-corrected chi connectivity index (χ2v) is 5.61. The lowest BCUT2D eigenvalue weighted by Crippen LogP contribution is -2.43. The highest BCUT2D eigenvalue weighted by Crippen LogP contribution is 2.32. The molecule has 0 aromatic heterocycles. The van der Waals surface area contributed by atoms with E-state index >= 15 is 0 Å². The van der Waals surface area contributed by atoms with Gasteiger partial charge in [-0.1, -0.05) is 26.0 Å². The van der Waals surface area contributed by atoms with E-state index in [0.717, 1.165) is 5.56 Å². The molecule has 1 aromatic rings. The topological polar surface area (TPSA) is 52.3 Å². The quantitative estimate of drug-likeness (QED) is 0.782. The summed E-state index contributed by atoms with van der Waals surface area (Å²) in [5.41, 5.74) is 5.87. The first-order chi connectivity index (χ1) is 9.43. The molecule has 112 valence electrons. The number of carbonyl (C=O) groups excluding carboxylic acids is 1. The summed E-state index contributed by atoms with van der Waals surface area (Å²) in [4.78, 5) is 12.3. The molecule has 1 aromatic carbocycles. The first kappa shape index (κ1) is 16.6. The van der Waals surface area contributed by atoms with Crippen molar-refractivity contribution in [1.82, 2.24) is 0 Å². The lowest BCUT2D eigenvalue weighted by molar-refractivity contribution is -0.156. The van der Waals surface area contributed by atoms with Gasteiger partial charge in [0.2, 0.25) is 0 Å². The zero-order valence-corrected chi connectivity index (χ0v) is 12.5. The molecule has 0 aliphatic heterocycles. The Morgan fingerprint density at radius 2 is 2.15 bits per heavy atom. The Morgan fingerprint density at radius 1 is 1.45 bits per heavy atom. The molecule has 0 saturated heterocycles. The van der Waals surface area contributed by atoms with Crippen LogP contribution in [-0.2, 0) is 16.0 Å². The number of rotatable bonds is 7. The number of ether oxygens (including phenoxy) is 1. The van der Waals surface area contributed by atoms with Crippen LogP contribution >= 0.6 is 0 Å². The molecular formula is C16H24FNO2. The summed E-state index contributed by atoms with van der Waals surface area (Å²) in [6, 6.07) is 6.30. The number of esters is 1. The van der Waals surface area contributed by atoms with E-state index in [0.29, 0.717) is 25.4 Å². The number of carbonyl (C=O) groups is 1. The molecule has 0 heterocycles. The van der Waals surface area contributed by atoms with Crippen molar-refractivity contribution in [2.45, 2.75) is 33.6 Å². The molecule has 1 atom stereocenters. The van der Waals surface area contributed by atoms with E-state index in [1.54, 1.807) is 13.0 Å². The molecule has 4 heteroatoms. The van der Waals surface area contributed by atoms with Gasteiger partial charge >= 0.3 is 5.97 Å². The van der Waals surface area contributed by atoms with Crippen molar-refractivity contribution in [3.05, 3.63) is 35.6 Å². The number of hydrogen-bond acceptors (Lipinski definition) is 3. The molecule has 2 N–H and O–H groups in total. The van der Waals surface area contributed by atoms with Crippen molar-refractivity contribution in [3.63, 3.8) is 0 Å². The van der Waals surface area contributed by atoms with Gasteiger partial charge in [0.15, 0.2) is 0 Å². The van der Waals surface area contributed by atoms with E-state index in [-0.39, 0.29) is 18.3 Å². The van der Waals surface area contributed by atoms with Crippen LogP contribution in [0.5, 0.6) is 0 Å². The van der Waals surface area contributed by atoms with Gasteiger partial charge in [-0.25, -0.2) is 4.39 Å². The maximum Gasteiger partial charge on any atom is 0.313 e. The third kappa shape index (κ3) is 4.30. The number of halogens is 1. The lowest BCUT2D eigenvalue weighted by Gasteiger charge is -2.32. The number of benzene rings is 1. The highest BCUT2D eigenvalue weighted by atomic mass is 19.1. The number of nitrogens with two attached hydrogens (primary N) is 1. The Bertz CT molecular complexity index is 448. The Labute approximate surface area is 120 Å². The number of hydrogen-bond donors (Lipinski definition) is 1. The van der Waals surface area contributed by atoms with Crippen molar-refractivity contribution in [3.8, 4) is 0 Å². The third-order valence-corrected chi connectivity index (χ3v) is 3.33. The molecule has 0 fully saturated rings. The summed E-state index contributed by atoms with van der Waals surface area (Å²) in [7, 11) is 0. The summed E-state index contributed by atoms with van der Waals surface area (Å²) < 4.78 is 18.5. The van der Waals surface area contributed by atoms with Gasteiger partial charge in [0, 0.05) is 6.54 Å². The fourth-order valence-corrected chi connectivity index (χ4v) is 2.57. The van der Waals surface area contributed by atoms with Crippen LogP contribution in [0.4, 0.5) is 4.39 Å². The molecule has 20 heavy (non-hydrogen) atoms. The summed E-state index contributed by atoms with van der Waals surface area (Å²) in [6.45, 7) is 6.36. The smallest absolute Gasteiger partial charge is 0.313 e. The molecule has 0 saturated carbocycles. The van der Waals surface area contributed by atoms with Crippen molar-refractivity contribution < 1.29 is 13.9 Å². The molecule has 0 aliphatic carbocycles. The van der Waals surface area contributed by atoms with Crippen LogP contribution in [-0.4, -0.2) is 19.1 Å². The lowest BCUT2D eigenvalue weighted by atomic mass is 9.75. The van der Waals surface area contributed by atoms with Crippen molar-refractivity contribution in [1.29, 1.82) is 0 Å². The SMILES string of the molecule is CCOC(=O)C(CN)(Cc1cccc(F)c1)CC(C)C. The summed E-state index contributed by atoms with van der Waals surface area (Å²) in [5, 5.41) is 0. The first-order valence-corrected chi connectivity index (χ1v) is 7.05. The molecule has 1 rings (SSSR count). The highest BCUT2D eigenvalue weighted by molar-refractivity contribution is 5.77. The predicted octanol–water partition coefficient (Wildman–Crippen LogP) is 2.92. The molecule has 0 amide bonds. The van der Waals surface area contributed by atoms with Crippen LogP contribution in [0.25, 0.3) is 0 Å². The van der Waals surface area contributed by atoms with E-state index in [4.69, 9.17) is 10.5 Å². The van der Waals surface area contributed by atoms with Crippen molar-refractivity contribution >= 4 is 5.97 Å². The second-order valence-electron chi connectivity index (χ2n) is 5.61. The van der Waals surface area contributed by atoms with E-state index in [1.807, 2.05) is 19.9 Å². The molecule has 0 radical (unpaired) electrons. The average molecular weight is 281 g/mol. The van der Waals surface area contributed by atoms with Gasteiger partial charge in [-0.3, -0.25) is 4.79 Å². The van der Waals surface area contributed by atoms with E-state index < -0.39 is 5.41 Å². The zero-order chi connectivity index (χ0) is 15.2. The van der Waals surface area contributed by atoms with Crippen LogP contribution in [0.3, 0.4) is 0 Å². The van der Waals surface area contributed by atoms with Crippen LogP contribution in [0, 0.1) is 17.2 Å². The standard InChI is InChI=1S/C16H24FNO2/c1-4-20-15(19)16(11-18,9-12(2)3)10-13-6-5-7-14(17)8-13/h5-8,12H,4,9-11,18H2,1-3H3. The second kappa shape index (κ2) is 7.39. The van der Waals surface area contributed by atoms with E-state index in [1.165, 1.54) is 12.1 Å². The van der Waals surface area contributed by atoms with Gasteiger partial charge < -0.3 is 10.5 Å². The fraction of sp³-hybridized carbons (Fsp3) is 0.562. The first-order valence-electron chi connectivity index (χ1n) is 7.05. The van der Waals surface area contributed by atoms with Crippen molar-refractivity contribution in [2.75, 3.05) is 13.2 Å². The molecule has 0 aliphatic rings. The molecule has 0 bridgehead atoms. The van der Waals surface area contributed by atoms with Gasteiger partial charge in [0.1, 0.15) is 5.82 Å². The Hall–Kier alpha value is -1.42. The zero-order valence-electron chi connectivity index (χ0n) is 12.5. The van der Waals surface area contributed by atoms with Crippen LogP contribution in [0.15, 0.2) is 24.3 Å². The molecule has 3 nitrogen and oxygen atoms in total. The molecule has 0 spiro atoms. The minimum absolute atomic E-state index is 0.195. The van der Waals surface area contributed by atoms with Gasteiger partial charge in [0.25, 0.3) is 0 Å². The fourth-order valence-electron chi connectivity index (χ4n) is 2.57. The predicted molar refractivity (Wildman–Crippen MR) is 77.7 cm³/mol. The minimum Gasteiger partial charge on any atom is -0.466 e. The van der Waals surface area contributed by atoms with Gasteiger partial charge in [-0.05, 0) is 43.4 Å². The van der Waals surface area contributed by atoms with Gasteiger partial charge in [-0.2, -0.15) is 0 Å². The monoisotopic (exact) mass is 281 g/mol. The Morgan fingerprint density at radius 3 is 2.65 bits per heavy atom. The summed E-state index contributed by atoms with van der Waals surface area (Å²) >= 11 is 0. The Balaban J connectivity index is 3.05. The molecular weight excluding hydrogens is 257 g/mol. The van der Waals surface area contributed by atoms with Crippen LogP contribution in [0.1, 0.15) is 32.8 Å². The third-order valence-electron chi connectivity index (χ3n) is 3.33. The van der Waals surface area contributed by atoms with E-state index in [9.17, 15) is 9.18 Å². The average Bonchev–Trinajstić information content (AvgIpc) is 2.37. The van der Waals surface area contributed by atoms with E-state index in [2.05, 4.69) is 0 Å². The summed E-state index contributed by atoms with van der Waals surface area (Å²) in [6.07, 6.45) is 1.02. The van der Waals surface area contributed by atoms with Gasteiger partial charge in [-0.15, -0.1) is 0 Å². The maximum atomic E-state index is 13.3. The largest absolute Gasteiger partial charge is 0.466 e. The van der Waals surface area contributed by atoms with Crippen LogP contribution in [0.2, 0.25) is 0 Å². The highest BCUT2D eigenvalue weighted by Gasteiger charge is 2.39. The maximum absolute atomic E-state index is 13.3. The Kier molecular flexibility index (Phi) is 6.14. The summed E-state index contributed by atoms with van der Waals surface area (Å²) in [5.74, 6) is -0.293. The van der Waals surface area contributed by atoms with Gasteiger partial charge in [0.05, 0.1) is 12.0 Å². The van der Waals surface area contributed by atoms with Crippen molar-refractivity contribution in [2.24, 2.45) is 17.1 Å².